The molecule has 5 nitrogen and oxygen atoms in total. The highest BCUT2D eigenvalue weighted by atomic mass is 35.5. The lowest BCUT2D eigenvalue weighted by Gasteiger charge is -2.35. The van der Waals surface area contributed by atoms with E-state index in [2.05, 4.69) is 5.32 Å². The van der Waals surface area contributed by atoms with E-state index in [1.54, 1.807) is 12.1 Å². The smallest absolute Gasteiger partial charge is 0.244 e. The number of hydrogen-bond donors (Lipinski definition) is 1. The molecule has 3 aromatic carbocycles. The van der Waals surface area contributed by atoms with E-state index >= 15 is 0 Å². The molecule has 8 heteroatoms. The van der Waals surface area contributed by atoms with Crippen molar-refractivity contribution in [3.8, 4) is 0 Å². The molecule has 0 fully saturated rings. The van der Waals surface area contributed by atoms with Gasteiger partial charge in [0, 0.05) is 11.6 Å². The lowest BCUT2D eigenvalue weighted by molar-refractivity contribution is -0.120. The molecule has 1 aliphatic heterocycles. The first kappa shape index (κ1) is 21.5. The molecule has 4 rings (SSSR count). The average Bonchev–Trinajstić information content (AvgIpc) is 2.75. The maximum absolute atomic E-state index is 14.2. The minimum atomic E-state index is -3.97. The molecule has 1 atom stereocenters. The second-order valence-corrected chi connectivity index (χ2v) is 9.79. The van der Waals surface area contributed by atoms with Crippen molar-refractivity contribution < 1.29 is 17.6 Å². The molecule has 31 heavy (non-hydrogen) atoms. The second kappa shape index (κ2) is 8.42. The fourth-order valence-electron chi connectivity index (χ4n) is 3.63. The maximum atomic E-state index is 14.2. The highest BCUT2D eigenvalue weighted by Crippen LogP contribution is 2.30. The topological polar surface area (TPSA) is 66.5 Å². The van der Waals surface area contributed by atoms with Gasteiger partial charge in [-0.3, -0.25) is 4.79 Å². The molecule has 0 radical (unpaired) electrons. The number of halogens is 2. The Kier molecular flexibility index (Phi) is 5.83. The van der Waals surface area contributed by atoms with Crippen LogP contribution in [0.5, 0.6) is 0 Å². The van der Waals surface area contributed by atoms with Crippen LogP contribution in [0, 0.1) is 12.7 Å². The molecule has 0 unspecified atom stereocenters. The van der Waals surface area contributed by atoms with Crippen molar-refractivity contribution in [2.24, 2.45) is 0 Å². The van der Waals surface area contributed by atoms with Crippen LogP contribution < -0.4 is 5.32 Å². The molecular weight excluding hydrogens is 439 g/mol. The van der Waals surface area contributed by atoms with Crippen molar-refractivity contribution in [1.29, 1.82) is 0 Å². The summed E-state index contributed by atoms with van der Waals surface area (Å²) in [7, 11) is -3.97. The van der Waals surface area contributed by atoms with E-state index in [9.17, 15) is 17.6 Å². The zero-order valence-corrected chi connectivity index (χ0v) is 18.3. The van der Waals surface area contributed by atoms with Crippen molar-refractivity contribution in [3.63, 3.8) is 0 Å². The molecule has 0 saturated carbocycles. The lowest BCUT2D eigenvalue weighted by atomic mass is 9.95. The Morgan fingerprint density at radius 3 is 2.42 bits per heavy atom. The van der Waals surface area contributed by atoms with E-state index in [1.165, 1.54) is 28.6 Å². The third kappa shape index (κ3) is 4.35. The highest BCUT2D eigenvalue weighted by Gasteiger charge is 2.39. The molecule has 0 aromatic heterocycles. The summed E-state index contributed by atoms with van der Waals surface area (Å²) in [5.41, 5.74) is 2.59. The van der Waals surface area contributed by atoms with E-state index in [1.807, 2.05) is 31.2 Å². The van der Waals surface area contributed by atoms with Gasteiger partial charge in [-0.15, -0.1) is 0 Å². The average molecular weight is 459 g/mol. The molecule has 1 amide bonds. The van der Waals surface area contributed by atoms with E-state index in [-0.39, 0.29) is 28.6 Å². The zero-order valence-electron chi connectivity index (χ0n) is 16.7. The van der Waals surface area contributed by atoms with Gasteiger partial charge in [-0.25, -0.2) is 12.8 Å². The Hall–Kier alpha value is -2.74. The minimum Gasteiger partial charge on any atom is -0.322 e. The molecule has 1 aliphatic rings. The molecule has 0 aliphatic carbocycles. The fourth-order valence-corrected chi connectivity index (χ4v) is 5.35. The number of rotatable bonds is 4. The van der Waals surface area contributed by atoms with Crippen LogP contribution in [0.15, 0.2) is 71.6 Å². The number of aryl methyl sites for hydroxylation is 1. The minimum absolute atomic E-state index is 0.0492. The standard InChI is InChI=1S/C23H20ClFN2O3S/c1-15-6-9-19(10-7-15)31(29,30)27-14-17-5-3-2-4-16(17)12-22(27)23(28)26-21-11-8-18(24)13-20(21)25/h2-11,13,22H,12,14H2,1H3,(H,26,28)/t22-/m1/s1. The Morgan fingerprint density at radius 2 is 1.74 bits per heavy atom. The van der Waals surface area contributed by atoms with Gasteiger partial charge in [0.1, 0.15) is 11.9 Å². The number of nitrogens with one attached hydrogen (secondary N) is 1. The quantitative estimate of drug-likeness (QED) is 0.624. The number of carbonyl (C=O) groups excluding carboxylic acids is 1. The third-order valence-electron chi connectivity index (χ3n) is 5.32. The van der Waals surface area contributed by atoms with Gasteiger partial charge in [0.2, 0.25) is 15.9 Å². The predicted octanol–water partition coefficient (Wildman–Crippen LogP) is 4.54. The molecule has 0 saturated heterocycles. The summed E-state index contributed by atoms with van der Waals surface area (Å²) >= 11 is 5.78. The summed E-state index contributed by atoms with van der Waals surface area (Å²) in [6.07, 6.45) is 0.183. The number of carbonyl (C=O) groups is 1. The van der Waals surface area contributed by atoms with Gasteiger partial charge >= 0.3 is 0 Å². The first-order chi connectivity index (χ1) is 14.8. The first-order valence-corrected chi connectivity index (χ1v) is 11.5. The molecular formula is C23H20ClFN2O3S. The summed E-state index contributed by atoms with van der Waals surface area (Å²) in [6, 6.07) is 16.7. The second-order valence-electron chi connectivity index (χ2n) is 7.47. The molecule has 1 heterocycles. The molecule has 3 aromatic rings. The summed E-state index contributed by atoms with van der Waals surface area (Å²) in [6.45, 7) is 1.91. The number of fused-ring (bicyclic) bond motifs is 1. The molecule has 0 bridgehead atoms. The summed E-state index contributed by atoms with van der Waals surface area (Å²) < 4.78 is 42.3. The number of sulfonamides is 1. The number of benzene rings is 3. The van der Waals surface area contributed by atoms with Crippen molar-refractivity contribution in [3.05, 3.63) is 94.3 Å². The first-order valence-electron chi connectivity index (χ1n) is 9.67. The van der Waals surface area contributed by atoms with E-state index in [4.69, 9.17) is 11.6 Å². The summed E-state index contributed by atoms with van der Waals surface area (Å²) in [4.78, 5) is 13.2. The third-order valence-corrected chi connectivity index (χ3v) is 7.43. The number of amides is 1. The van der Waals surface area contributed by atoms with Gasteiger partial charge in [-0.05, 0) is 54.8 Å². The van der Waals surface area contributed by atoms with E-state index in [0.717, 1.165) is 22.8 Å². The SMILES string of the molecule is Cc1ccc(S(=O)(=O)N2Cc3ccccc3C[C@@H]2C(=O)Nc2ccc(Cl)cc2F)cc1. The van der Waals surface area contributed by atoms with Gasteiger partial charge in [-0.1, -0.05) is 53.6 Å². The van der Waals surface area contributed by atoms with E-state index in [0.29, 0.717) is 0 Å². The van der Waals surface area contributed by atoms with Gasteiger partial charge in [-0.2, -0.15) is 4.31 Å². The monoisotopic (exact) mass is 458 g/mol. The Balaban J connectivity index is 1.72. The largest absolute Gasteiger partial charge is 0.322 e. The van der Waals surface area contributed by atoms with Crippen LogP contribution in [0.25, 0.3) is 0 Å². The number of nitrogens with zero attached hydrogens (tertiary/aromatic N) is 1. The van der Waals surface area contributed by atoms with Crippen LogP contribution in [0.3, 0.4) is 0 Å². The normalized spacial score (nSPS) is 16.5. The molecule has 1 N–H and O–H groups in total. The molecule has 0 spiro atoms. The van der Waals surface area contributed by atoms with Crippen LogP contribution in [0.1, 0.15) is 16.7 Å². The Bertz CT molecular complexity index is 1250. The zero-order chi connectivity index (χ0) is 22.2. The molecule has 160 valence electrons. The van der Waals surface area contributed by atoms with Crippen molar-refractivity contribution in [2.75, 3.05) is 5.32 Å². The van der Waals surface area contributed by atoms with Crippen molar-refractivity contribution >= 4 is 33.2 Å². The van der Waals surface area contributed by atoms with Crippen LogP contribution in [0.2, 0.25) is 5.02 Å². The van der Waals surface area contributed by atoms with Crippen LogP contribution in [-0.2, 0) is 27.8 Å². The van der Waals surface area contributed by atoms with Crippen molar-refractivity contribution in [1.82, 2.24) is 4.31 Å². The highest BCUT2D eigenvalue weighted by molar-refractivity contribution is 7.89. The van der Waals surface area contributed by atoms with Gasteiger partial charge in [0.25, 0.3) is 0 Å². The van der Waals surface area contributed by atoms with Crippen molar-refractivity contribution in [2.45, 2.75) is 30.8 Å². The number of anilines is 1. The Labute approximate surface area is 185 Å². The fraction of sp³-hybridized carbons (Fsp3) is 0.174. The van der Waals surface area contributed by atoms with Crippen LogP contribution >= 0.6 is 11.6 Å². The van der Waals surface area contributed by atoms with Gasteiger partial charge < -0.3 is 5.32 Å². The maximum Gasteiger partial charge on any atom is 0.244 e. The number of hydrogen-bond acceptors (Lipinski definition) is 3. The van der Waals surface area contributed by atoms with Crippen LogP contribution in [-0.4, -0.2) is 24.7 Å². The lowest BCUT2D eigenvalue weighted by Crippen LogP contribution is -2.50. The Morgan fingerprint density at radius 1 is 1.06 bits per heavy atom. The van der Waals surface area contributed by atoms with E-state index < -0.39 is 27.8 Å². The van der Waals surface area contributed by atoms with Crippen LogP contribution in [0.4, 0.5) is 10.1 Å². The van der Waals surface area contributed by atoms with Gasteiger partial charge in [0.15, 0.2) is 0 Å². The van der Waals surface area contributed by atoms with Gasteiger partial charge in [0.05, 0.1) is 10.6 Å². The summed E-state index contributed by atoms with van der Waals surface area (Å²) in [5.74, 6) is -1.29. The predicted molar refractivity (Wildman–Crippen MR) is 118 cm³/mol. The summed E-state index contributed by atoms with van der Waals surface area (Å²) in [5, 5.41) is 2.72.